The molecule has 0 amide bonds. The lowest BCUT2D eigenvalue weighted by Gasteiger charge is -2.29. The van der Waals surface area contributed by atoms with Crippen LogP contribution in [0.3, 0.4) is 0 Å². The molecule has 0 saturated carbocycles. The number of thiocarbonyl (C=S) groups is 1. The molecule has 1 atom stereocenters. The van der Waals surface area contributed by atoms with Gasteiger partial charge in [-0.1, -0.05) is 54.6 Å². The molecule has 102 valence electrons. The maximum Gasteiger partial charge on any atom is 0.198 e. The average Bonchev–Trinajstić information content (AvgIpc) is 2.54. The largest absolute Gasteiger partial charge is 0.455 e. The highest BCUT2D eigenvalue weighted by Gasteiger charge is 2.24. The minimum atomic E-state index is -0.251. The van der Waals surface area contributed by atoms with E-state index < -0.39 is 0 Å². The van der Waals surface area contributed by atoms with Crippen LogP contribution in [0.2, 0.25) is 0 Å². The van der Waals surface area contributed by atoms with Gasteiger partial charge >= 0.3 is 0 Å². The van der Waals surface area contributed by atoms with Gasteiger partial charge in [0.1, 0.15) is 0 Å². The highest BCUT2D eigenvalue weighted by molar-refractivity contribution is 7.80. The predicted octanol–water partition coefficient (Wildman–Crippen LogP) is 4.66. The SMILES string of the molecule is S=C1OC(c2cccc3ccccc23)Nc2ccccc21. The van der Waals surface area contributed by atoms with Gasteiger partial charge in [-0.15, -0.1) is 0 Å². The van der Waals surface area contributed by atoms with Gasteiger partial charge in [0.15, 0.2) is 11.3 Å². The number of ether oxygens (including phenoxy) is 1. The van der Waals surface area contributed by atoms with E-state index in [1.54, 1.807) is 0 Å². The molecule has 0 bridgehead atoms. The van der Waals surface area contributed by atoms with Crippen LogP contribution in [-0.4, -0.2) is 5.05 Å². The van der Waals surface area contributed by atoms with E-state index in [0.717, 1.165) is 16.8 Å². The summed E-state index contributed by atoms with van der Waals surface area (Å²) < 4.78 is 5.93. The van der Waals surface area contributed by atoms with E-state index in [1.807, 2.05) is 42.5 Å². The molecule has 1 heterocycles. The zero-order valence-electron chi connectivity index (χ0n) is 11.2. The lowest BCUT2D eigenvalue weighted by molar-refractivity contribution is 0.225. The van der Waals surface area contributed by atoms with E-state index in [-0.39, 0.29) is 6.23 Å². The standard InChI is InChI=1S/C18H13NOS/c21-18-15-9-3-4-11-16(15)19-17(20-18)14-10-5-7-12-6-1-2-8-13(12)14/h1-11,17,19H. The summed E-state index contributed by atoms with van der Waals surface area (Å²) >= 11 is 5.40. The van der Waals surface area contributed by atoms with Crippen molar-refractivity contribution in [1.29, 1.82) is 0 Å². The number of para-hydroxylation sites is 1. The van der Waals surface area contributed by atoms with Crippen molar-refractivity contribution in [3.63, 3.8) is 0 Å². The minimum absolute atomic E-state index is 0.251. The molecule has 2 nitrogen and oxygen atoms in total. The molecule has 3 aromatic rings. The Bertz CT molecular complexity index is 838. The van der Waals surface area contributed by atoms with Crippen LogP contribution in [0, 0.1) is 0 Å². The van der Waals surface area contributed by atoms with Gasteiger partial charge in [-0.2, -0.15) is 0 Å². The smallest absolute Gasteiger partial charge is 0.198 e. The maximum absolute atomic E-state index is 5.93. The molecule has 0 aromatic heterocycles. The average molecular weight is 291 g/mol. The summed E-state index contributed by atoms with van der Waals surface area (Å²) in [5, 5.41) is 6.35. The first-order valence-electron chi connectivity index (χ1n) is 6.87. The van der Waals surface area contributed by atoms with Crippen LogP contribution < -0.4 is 5.32 Å². The molecule has 0 radical (unpaired) electrons. The van der Waals surface area contributed by atoms with Crippen LogP contribution in [0.15, 0.2) is 66.7 Å². The molecule has 0 saturated heterocycles. The van der Waals surface area contributed by atoms with Crippen molar-refractivity contribution in [3.8, 4) is 0 Å². The summed E-state index contributed by atoms with van der Waals surface area (Å²) in [6, 6.07) is 22.5. The highest BCUT2D eigenvalue weighted by Crippen LogP contribution is 2.33. The van der Waals surface area contributed by atoms with Gasteiger partial charge in [0.2, 0.25) is 0 Å². The fourth-order valence-corrected chi connectivity index (χ4v) is 3.02. The van der Waals surface area contributed by atoms with Gasteiger partial charge in [-0.3, -0.25) is 0 Å². The van der Waals surface area contributed by atoms with Crippen molar-refractivity contribution < 1.29 is 4.74 Å². The molecule has 0 fully saturated rings. The molecule has 0 aliphatic carbocycles. The third-order valence-electron chi connectivity index (χ3n) is 3.76. The van der Waals surface area contributed by atoms with E-state index in [1.165, 1.54) is 10.8 Å². The monoisotopic (exact) mass is 291 g/mol. The van der Waals surface area contributed by atoms with Gasteiger partial charge in [0.25, 0.3) is 0 Å². The Balaban J connectivity index is 1.83. The molecule has 1 aliphatic heterocycles. The van der Waals surface area contributed by atoms with Crippen molar-refractivity contribution in [2.45, 2.75) is 6.23 Å². The molecular weight excluding hydrogens is 278 g/mol. The quantitative estimate of drug-likeness (QED) is 0.659. The van der Waals surface area contributed by atoms with Gasteiger partial charge in [-0.25, -0.2) is 0 Å². The predicted molar refractivity (Wildman–Crippen MR) is 89.5 cm³/mol. The Morgan fingerprint density at radius 2 is 1.62 bits per heavy atom. The summed E-state index contributed by atoms with van der Waals surface area (Å²) in [4.78, 5) is 0. The molecule has 3 aromatic carbocycles. The number of hydrogen-bond donors (Lipinski definition) is 1. The molecule has 1 N–H and O–H groups in total. The van der Waals surface area contributed by atoms with Gasteiger partial charge < -0.3 is 10.1 Å². The van der Waals surface area contributed by atoms with Crippen molar-refractivity contribution in [1.82, 2.24) is 0 Å². The molecule has 4 rings (SSSR count). The Morgan fingerprint density at radius 1 is 0.857 bits per heavy atom. The number of nitrogens with one attached hydrogen (secondary N) is 1. The third-order valence-corrected chi connectivity index (χ3v) is 4.08. The molecule has 3 heteroatoms. The van der Waals surface area contributed by atoms with Crippen LogP contribution in [0.4, 0.5) is 5.69 Å². The second-order valence-corrected chi connectivity index (χ2v) is 5.41. The first-order valence-corrected chi connectivity index (χ1v) is 7.28. The van der Waals surface area contributed by atoms with Crippen molar-refractivity contribution in [2.24, 2.45) is 0 Å². The number of fused-ring (bicyclic) bond motifs is 2. The van der Waals surface area contributed by atoms with E-state index in [4.69, 9.17) is 17.0 Å². The van der Waals surface area contributed by atoms with Crippen molar-refractivity contribution in [2.75, 3.05) is 5.32 Å². The Hall–Kier alpha value is -2.39. The Morgan fingerprint density at radius 3 is 2.57 bits per heavy atom. The first-order chi connectivity index (χ1) is 10.3. The molecule has 0 spiro atoms. The molecular formula is C18H13NOS. The summed E-state index contributed by atoms with van der Waals surface area (Å²) in [6.07, 6.45) is -0.251. The molecule has 1 aliphatic rings. The molecule has 1 unspecified atom stereocenters. The fourth-order valence-electron chi connectivity index (χ4n) is 2.75. The number of rotatable bonds is 1. The normalized spacial score (nSPS) is 17.0. The van der Waals surface area contributed by atoms with Crippen molar-refractivity contribution >= 4 is 33.7 Å². The summed E-state index contributed by atoms with van der Waals surface area (Å²) in [5.41, 5.74) is 3.07. The van der Waals surface area contributed by atoms with Crippen LogP contribution in [0.1, 0.15) is 17.4 Å². The van der Waals surface area contributed by atoms with E-state index in [9.17, 15) is 0 Å². The van der Waals surface area contributed by atoms with Crippen LogP contribution in [0.25, 0.3) is 10.8 Å². The third kappa shape index (κ3) is 2.06. The van der Waals surface area contributed by atoms with Gasteiger partial charge in [0.05, 0.1) is 5.56 Å². The Labute approximate surface area is 128 Å². The second kappa shape index (κ2) is 4.86. The number of hydrogen-bond acceptors (Lipinski definition) is 3. The van der Waals surface area contributed by atoms with Crippen LogP contribution >= 0.6 is 12.2 Å². The highest BCUT2D eigenvalue weighted by atomic mass is 32.1. The number of anilines is 1. The van der Waals surface area contributed by atoms with Crippen molar-refractivity contribution in [3.05, 3.63) is 77.9 Å². The maximum atomic E-state index is 5.93. The van der Waals surface area contributed by atoms with E-state index in [2.05, 4.69) is 29.6 Å². The second-order valence-electron chi connectivity index (χ2n) is 5.04. The zero-order chi connectivity index (χ0) is 14.2. The lowest BCUT2D eigenvalue weighted by atomic mass is 10.0. The topological polar surface area (TPSA) is 21.3 Å². The van der Waals surface area contributed by atoms with Gasteiger partial charge in [-0.05, 0) is 35.1 Å². The minimum Gasteiger partial charge on any atom is -0.455 e. The summed E-state index contributed by atoms with van der Waals surface area (Å²) in [6.45, 7) is 0. The zero-order valence-corrected chi connectivity index (χ0v) is 12.1. The fraction of sp³-hybridized carbons (Fsp3) is 0.0556. The summed E-state index contributed by atoms with van der Waals surface area (Å²) in [5.74, 6) is 0. The van der Waals surface area contributed by atoms with Crippen LogP contribution in [0.5, 0.6) is 0 Å². The number of benzene rings is 3. The van der Waals surface area contributed by atoms with E-state index in [0.29, 0.717) is 5.05 Å². The van der Waals surface area contributed by atoms with Crippen LogP contribution in [-0.2, 0) is 4.74 Å². The molecule has 21 heavy (non-hydrogen) atoms. The Kier molecular flexibility index (Phi) is 2.86. The first kappa shape index (κ1) is 12.4. The van der Waals surface area contributed by atoms with E-state index >= 15 is 0 Å². The summed E-state index contributed by atoms with van der Waals surface area (Å²) in [7, 11) is 0. The lowest BCUT2D eigenvalue weighted by Crippen LogP contribution is -2.25. The van der Waals surface area contributed by atoms with Gasteiger partial charge in [0, 0.05) is 11.3 Å².